The van der Waals surface area contributed by atoms with Gasteiger partial charge < -0.3 is 4.90 Å². The van der Waals surface area contributed by atoms with Crippen LogP contribution in [0.15, 0.2) is 24.3 Å². The van der Waals surface area contributed by atoms with Crippen molar-refractivity contribution in [3.05, 3.63) is 40.4 Å². The van der Waals surface area contributed by atoms with E-state index in [0.29, 0.717) is 35.0 Å². The van der Waals surface area contributed by atoms with Crippen LogP contribution in [0, 0.1) is 5.41 Å². The van der Waals surface area contributed by atoms with Gasteiger partial charge in [0.15, 0.2) is 10.9 Å². The standard InChI is InChI=1S/C20H21N3O3S/c1-20(2)10-14-17(15(24)11-20)27-19(21-14)22-18(26)12-5-3-6-13(9-12)23-8-4-7-16(23)25/h3,5-6,9H,4,7-8,10-11H2,1-2H3,(H,21,22,26). The molecule has 2 aromatic rings. The van der Waals surface area contributed by atoms with Crippen LogP contribution < -0.4 is 10.2 Å². The Labute approximate surface area is 161 Å². The zero-order valence-electron chi connectivity index (χ0n) is 15.4. The quantitative estimate of drug-likeness (QED) is 0.877. The first-order chi connectivity index (χ1) is 12.8. The maximum atomic E-state index is 12.7. The van der Waals surface area contributed by atoms with Crippen LogP contribution in [0.4, 0.5) is 10.8 Å². The number of hydrogen-bond donors (Lipinski definition) is 1. The maximum Gasteiger partial charge on any atom is 0.257 e. The van der Waals surface area contributed by atoms with Crippen molar-refractivity contribution in [1.29, 1.82) is 0 Å². The van der Waals surface area contributed by atoms with Gasteiger partial charge in [-0.3, -0.25) is 19.7 Å². The van der Waals surface area contributed by atoms with Gasteiger partial charge in [0, 0.05) is 30.6 Å². The van der Waals surface area contributed by atoms with Crippen molar-refractivity contribution in [3.63, 3.8) is 0 Å². The van der Waals surface area contributed by atoms with Crippen LogP contribution in [-0.2, 0) is 11.2 Å². The summed E-state index contributed by atoms with van der Waals surface area (Å²) in [7, 11) is 0. The number of amides is 2. The van der Waals surface area contributed by atoms with E-state index in [1.54, 1.807) is 23.1 Å². The molecule has 2 aliphatic rings. The number of benzene rings is 1. The Bertz CT molecular complexity index is 948. The molecule has 6 nitrogen and oxygen atoms in total. The van der Waals surface area contributed by atoms with Crippen LogP contribution >= 0.6 is 11.3 Å². The fourth-order valence-corrected chi connectivity index (χ4v) is 4.59. The highest BCUT2D eigenvalue weighted by Gasteiger charge is 2.34. The van der Waals surface area contributed by atoms with E-state index in [-0.39, 0.29) is 23.0 Å². The smallest absolute Gasteiger partial charge is 0.257 e. The number of thiazole rings is 1. The van der Waals surface area contributed by atoms with Gasteiger partial charge in [0.05, 0.1) is 10.6 Å². The first-order valence-electron chi connectivity index (χ1n) is 9.07. The number of rotatable bonds is 3. The van der Waals surface area contributed by atoms with Crippen molar-refractivity contribution in [2.75, 3.05) is 16.8 Å². The molecule has 0 radical (unpaired) electrons. The number of carbonyl (C=O) groups excluding carboxylic acids is 3. The van der Waals surface area contributed by atoms with Crippen molar-refractivity contribution in [2.24, 2.45) is 5.41 Å². The van der Waals surface area contributed by atoms with E-state index in [0.717, 1.165) is 24.2 Å². The molecule has 140 valence electrons. The van der Waals surface area contributed by atoms with Gasteiger partial charge in [-0.25, -0.2) is 4.98 Å². The van der Waals surface area contributed by atoms with Gasteiger partial charge in [0.1, 0.15) is 0 Å². The molecule has 1 N–H and O–H groups in total. The summed E-state index contributed by atoms with van der Waals surface area (Å²) in [5, 5.41) is 3.25. The van der Waals surface area contributed by atoms with Gasteiger partial charge in [-0.2, -0.15) is 0 Å². The molecule has 1 fully saturated rings. The second kappa shape index (κ2) is 6.56. The molecule has 27 heavy (non-hydrogen) atoms. The second-order valence-corrected chi connectivity index (χ2v) is 8.89. The molecule has 2 heterocycles. The monoisotopic (exact) mass is 383 g/mol. The minimum Gasteiger partial charge on any atom is -0.312 e. The highest BCUT2D eigenvalue weighted by atomic mass is 32.1. The predicted molar refractivity (Wildman–Crippen MR) is 105 cm³/mol. The third-order valence-corrected chi connectivity index (χ3v) is 6.00. The molecule has 1 saturated heterocycles. The van der Waals surface area contributed by atoms with Crippen molar-refractivity contribution in [1.82, 2.24) is 4.98 Å². The van der Waals surface area contributed by atoms with E-state index in [9.17, 15) is 14.4 Å². The number of hydrogen-bond acceptors (Lipinski definition) is 5. The lowest BCUT2D eigenvalue weighted by molar-refractivity contribution is -0.117. The van der Waals surface area contributed by atoms with Crippen LogP contribution in [-0.4, -0.2) is 29.1 Å². The third kappa shape index (κ3) is 3.51. The molecule has 2 amide bonds. The molecule has 0 spiro atoms. The number of Topliss-reactive ketones (excluding diaryl/α,β-unsaturated/α-hetero) is 1. The lowest BCUT2D eigenvalue weighted by Gasteiger charge is -2.26. The Hall–Kier alpha value is -2.54. The van der Waals surface area contributed by atoms with Crippen LogP contribution in [0.3, 0.4) is 0 Å². The fraction of sp³-hybridized carbons (Fsp3) is 0.400. The number of fused-ring (bicyclic) bond motifs is 1. The van der Waals surface area contributed by atoms with E-state index >= 15 is 0 Å². The summed E-state index contributed by atoms with van der Waals surface area (Å²) in [6, 6.07) is 7.04. The highest BCUT2D eigenvalue weighted by molar-refractivity contribution is 7.17. The zero-order valence-corrected chi connectivity index (χ0v) is 16.2. The van der Waals surface area contributed by atoms with Gasteiger partial charge in [-0.05, 0) is 36.5 Å². The topological polar surface area (TPSA) is 79.4 Å². The molecule has 1 aromatic carbocycles. The third-order valence-electron chi connectivity index (χ3n) is 4.95. The summed E-state index contributed by atoms with van der Waals surface area (Å²) in [4.78, 5) is 43.7. The average Bonchev–Trinajstić information content (AvgIpc) is 3.20. The lowest BCUT2D eigenvalue weighted by atomic mass is 9.78. The lowest BCUT2D eigenvalue weighted by Crippen LogP contribution is -2.26. The molecule has 1 aromatic heterocycles. The van der Waals surface area contributed by atoms with E-state index in [2.05, 4.69) is 24.1 Å². The van der Waals surface area contributed by atoms with E-state index in [4.69, 9.17) is 0 Å². The van der Waals surface area contributed by atoms with Crippen molar-refractivity contribution in [3.8, 4) is 0 Å². The minimum absolute atomic E-state index is 0.0845. The molecule has 4 rings (SSSR count). The van der Waals surface area contributed by atoms with Crippen molar-refractivity contribution in [2.45, 2.75) is 39.5 Å². The summed E-state index contributed by atoms with van der Waals surface area (Å²) < 4.78 is 0. The SMILES string of the molecule is CC1(C)CC(=O)c2sc(NC(=O)c3cccc(N4CCCC4=O)c3)nc2C1. The minimum atomic E-state index is -0.290. The molecule has 1 aliphatic heterocycles. The number of anilines is 2. The van der Waals surface area contributed by atoms with Gasteiger partial charge in [0.25, 0.3) is 5.91 Å². The molecular formula is C20H21N3O3S. The molecular weight excluding hydrogens is 362 g/mol. The molecule has 1 aliphatic carbocycles. The Morgan fingerprint density at radius 3 is 2.81 bits per heavy atom. The fourth-order valence-electron chi connectivity index (χ4n) is 3.68. The molecule has 0 saturated carbocycles. The average molecular weight is 383 g/mol. The van der Waals surface area contributed by atoms with Gasteiger partial charge in [-0.15, -0.1) is 0 Å². The van der Waals surface area contributed by atoms with Crippen LogP contribution in [0.5, 0.6) is 0 Å². The maximum absolute atomic E-state index is 12.7. The highest BCUT2D eigenvalue weighted by Crippen LogP contribution is 2.38. The Morgan fingerprint density at radius 2 is 2.07 bits per heavy atom. The first-order valence-corrected chi connectivity index (χ1v) is 9.89. The predicted octanol–water partition coefficient (Wildman–Crippen LogP) is 3.68. The number of aromatic nitrogens is 1. The molecule has 0 unspecified atom stereocenters. The number of ketones is 1. The van der Waals surface area contributed by atoms with Crippen LogP contribution in [0.1, 0.15) is 58.8 Å². The zero-order chi connectivity index (χ0) is 19.2. The van der Waals surface area contributed by atoms with Crippen molar-refractivity contribution >= 4 is 39.8 Å². The van der Waals surface area contributed by atoms with Crippen molar-refractivity contribution < 1.29 is 14.4 Å². The summed E-state index contributed by atoms with van der Waals surface area (Å²) in [5.74, 6) is -0.114. The van der Waals surface area contributed by atoms with Gasteiger partial charge >= 0.3 is 0 Å². The van der Waals surface area contributed by atoms with Gasteiger partial charge in [0.2, 0.25) is 5.91 Å². The summed E-state index contributed by atoms with van der Waals surface area (Å²) >= 11 is 1.24. The van der Waals surface area contributed by atoms with Crippen LogP contribution in [0.2, 0.25) is 0 Å². The summed E-state index contributed by atoms with van der Waals surface area (Å²) in [6.07, 6.45) is 2.62. The Kier molecular flexibility index (Phi) is 4.34. The Balaban J connectivity index is 1.54. The summed E-state index contributed by atoms with van der Waals surface area (Å²) in [5.41, 5.74) is 1.87. The number of carbonyl (C=O) groups is 3. The second-order valence-electron chi connectivity index (χ2n) is 7.89. The Morgan fingerprint density at radius 1 is 1.26 bits per heavy atom. The van der Waals surface area contributed by atoms with E-state index < -0.39 is 0 Å². The molecule has 0 bridgehead atoms. The van der Waals surface area contributed by atoms with Crippen LogP contribution in [0.25, 0.3) is 0 Å². The van der Waals surface area contributed by atoms with E-state index in [1.807, 2.05) is 6.07 Å². The van der Waals surface area contributed by atoms with Gasteiger partial charge in [-0.1, -0.05) is 31.3 Å². The molecule has 7 heteroatoms. The normalized spacial score (nSPS) is 18.5. The molecule has 0 atom stereocenters. The number of nitrogens with zero attached hydrogens (tertiary/aromatic N) is 2. The van der Waals surface area contributed by atoms with E-state index in [1.165, 1.54) is 11.3 Å². The number of nitrogens with one attached hydrogen (secondary N) is 1. The summed E-state index contributed by atoms with van der Waals surface area (Å²) in [6.45, 7) is 4.79. The first kappa shape index (κ1) is 17.9. The largest absolute Gasteiger partial charge is 0.312 e.